The number of rotatable bonds is 15. The molecule has 0 saturated carbocycles. The minimum Gasteiger partial charge on any atom is -0.461 e. The van der Waals surface area contributed by atoms with Gasteiger partial charge < -0.3 is 29.2 Å². The van der Waals surface area contributed by atoms with Crippen molar-refractivity contribution in [1.82, 2.24) is 0 Å². The molecule has 0 aliphatic heterocycles. The first-order valence-electron chi connectivity index (χ1n) is 15.1. The fourth-order valence-corrected chi connectivity index (χ4v) is 3.90. The van der Waals surface area contributed by atoms with E-state index in [0.29, 0.717) is 0 Å². The Hall–Kier alpha value is -4.28. The number of carbonyl (C=O) groups excluding carboxylic acids is 4. The van der Waals surface area contributed by atoms with Crippen molar-refractivity contribution < 1.29 is 48.3 Å². The number of esters is 4. The monoisotopic (exact) mass is 638 g/mol. The lowest BCUT2D eigenvalue weighted by molar-refractivity contribution is -0.147. The van der Waals surface area contributed by atoms with Crippen LogP contribution in [0.5, 0.6) is 0 Å². The molecule has 0 heterocycles. The molecule has 0 unspecified atom stereocenters. The van der Waals surface area contributed by atoms with Crippen LogP contribution in [0, 0.1) is 10.8 Å². The van der Waals surface area contributed by atoms with Gasteiger partial charge in [-0.15, -0.1) is 0 Å². The third-order valence-electron chi connectivity index (χ3n) is 6.42. The molecule has 0 aliphatic carbocycles. The summed E-state index contributed by atoms with van der Waals surface area (Å²) in [6, 6.07) is 16.1. The SMILES string of the molecule is CC(C)OC(=O)C(/C(C(=O)OC(C)C)=C(\C(=O)OCC(C)(C)CO)c1ccccc1)=C(/C(=O)OCC(C)(C)CO)c1ccccc1. The first-order chi connectivity index (χ1) is 21.5. The molecule has 0 radical (unpaired) electrons. The maximum Gasteiger partial charge on any atom is 0.340 e. The highest BCUT2D eigenvalue weighted by atomic mass is 16.6. The number of hydrogen-bond donors (Lipinski definition) is 2. The molecular formula is C36H46O10. The van der Waals surface area contributed by atoms with Crippen LogP contribution in [0.1, 0.15) is 66.5 Å². The van der Waals surface area contributed by atoms with Gasteiger partial charge in [0.25, 0.3) is 0 Å². The minimum absolute atomic E-state index is 0.196. The van der Waals surface area contributed by atoms with Gasteiger partial charge in [0.1, 0.15) is 0 Å². The molecule has 2 aromatic carbocycles. The molecule has 0 aliphatic rings. The Labute approximate surface area is 271 Å². The van der Waals surface area contributed by atoms with Crippen molar-refractivity contribution in [3.8, 4) is 0 Å². The van der Waals surface area contributed by atoms with Crippen LogP contribution >= 0.6 is 0 Å². The fraction of sp³-hybridized carbons (Fsp3) is 0.444. The number of hydrogen-bond acceptors (Lipinski definition) is 10. The molecular weight excluding hydrogens is 592 g/mol. The normalized spacial score (nSPS) is 13.0. The van der Waals surface area contributed by atoms with Gasteiger partial charge in [-0.05, 0) is 38.8 Å². The highest BCUT2D eigenvalue weighted by Crippen LogP contribution is 2.35. The molecule has 250 valence electrons. The lowest BCUT2D eigenvalue weighted by atomic mass is 9.88. The summed E-state index contributed by atoms with van der Waals surface area (Å²) in [5, 5.41) is 19.6. The lowest BCUT2D eigenvalue weighted by Gasteiger charge is -2.24. The average Bonchev–Trinajstić information content (AvgIpc) is 3.00. The fourth-order valence-electron chi connectivity index (χ4n) is 3.90. The molecule has 0 fully saturated rings. The number of benzene rings is 2. The van der Waals surface area contributed by atoms with Crippen molar-refractivity contribution in [3.63, 3.8) is 0 Å². The molecule has 0 amide bonds. The van der Waals surface area contributed by atoms with Crippen LogP contribution < -0.4 is 0 Å². The smallest absolute Gasteiger partial charge is 0.340 e. The summed E-state index contributed by atoms with van der Waals surface area (Å²) >= 11 is 0. The number of carbonyl (C=O) groups is 4. The van der Waals surface area contributed by atoms with Crippen molar-refractivity contribution in [2.45, 2.75) is 67.6 Å². The van der Waals surface area contributed by atoms with E-state index in [1.165, 1.54) is 0 Å². The topological polar surface area (TPSA) is 146 Å². The van der Waals surface area contributed by atoms with Crippen LogP contribution in [0.4, 0.5) is 0 Å². The van der Waals surface area contributed by atoms with Gasteiger partial charge in [-0.2, -0.15) is 0 Å². The lowest BCUT2D eigenvalue weighted by Crippen LogP contribution is -2.30. The zero-order chi connectivity index (χ0) is 34.7. The van der Waals surface area contributed by atoms with Gasteiger partial charge in [-0.3, -0.25) is 0 Å². The van der Waals surface area contributed by atoms with E-state index < -0.39 is 58.1 Å². The third-order valence-corrected chi connectivity index (χ3v) is 6.42. The molecule has 0 bridgehead atoms. The molecule has 2 aromatic rings. The Balaban J connectivity index is 3.18. The second-order valence-corrected chi connectivity index (χ2v) is 12.9. The van der Waals surface area contributed by atoms with Crippen molar-refractivity contribution in [2.75, 3.05) is 26.4 Å². The van der Waals surface area contributed by atoms with Crippen molar-refractivity contribution >= 4 is 35.0 Å². The molecule has 2 rings (SSSR count). The summed E-state index contributed by atoms with van der Waals surface area (Å²) < 4.78 is 22.4. The van der Waals surface area contributed by atoms with Crippen LogP contribution in [0.3, 0.4) is 0 Å². The highest BCUT2D eigenvalue weighted by Gasteiger charge is 2.38. The number of aliphatic hydroxyl groups is 2. The summed E-state index contributed by atoms with van der Waals surface area (Å²) in [5.74, 6) is -4.17. The Morgan fingerprint density at radius 2 is 0.870 bits per heavy atom. The minimum atomic E-state index is -1.08. The predicted molar refractivity (Wildman–Crippen MR) is 173 cm³/mol. The van der Waals surface area contributed by atoms with E-state index in [4.69, 9.17) is 18.9 Å². The molecule has 2 N–H and O–H groups in total. The van der Waals surface area contributed by atoms with Gasteiger partial charge in [0.15, 0.2) is 0 Å². The highest BCUT2D eigenvalue weighted by molar-refractivity contribution is 6.33. The zero-order valence-corrected chi connectivity index (χ0v) is 27.9. The zero-order valence-electron chi connectivity index (χ0n) is 27.9. The van der Waals surface area contributed by atoms with Gasteiger partial charge in [-0.25, -0.2) is 19.2 Å². The summed E-state index contributed by atoms with van der Waals surface area (Å²) in [6.45, 7) is 12.1. The predicted octanol–water partition coefficient (Wildman–Crippen LogP) is 4.92. The van der Waals surface area contributed by atoms with Crippen molar-refractivity contribution in [1.29, 1.82) is 0 Å². The Morgan fingerprint density at radius 1 is 0.565 bits per heavy atom. The van der Waals surface area contributed by atoms with Crippen LogP contribution in [0.2, 0.25) is 0 Å². The average molecular weight is 639 g/mol. The molecule has 0 aromatic heterocycles. The molecule has 0 spiro atoms. The van der Waals surface area contributed by atoms with E-state index in [2.05, 4.69) is 0 Å². The summed E-state index contributed by atoms with van der Waals surface area (Å²) in [4.78, 5) is 56.3. The maximum atomic E-state index is 14.1. The largest absolute Gasteiger partial charge is 0.461 e. The molecule has 10 nitrogen and oxygen atoms in total. The van der Waals surface area contributed by atoms with Crippen LogP contribution in [-0.4, -0.2) is 72.7 Å². The van der Waals surface area contributed by atoms with Crippen LogP contribution in [0.15, 0.2) is 71.8 Å². The summed E-state index contributed by atoms with van der Waals surface area (Å²) in [7, 11) is 0. The number of aliphatic hydroxyl groups excluding tert-OH is 2. The van der Waals surface area contributed by atoms with Gasteiger partial charge in [0, 0.05) is 10.8 Å². The number of ether oxygens (including phenoxy) is 4. The second kappa shape index (κ2) is 16.9. The summed E-state index contributed by atoms with van der Waals surface area (Å²) in [6.07, 6.45) is -1.38. The van der Waals surface area contributed by atoms with E-state index in [1.807, 2.05) is 0 Å². The Kier molecular flexibility index (Phi) is 13.9. The molecule has 10 heteroatoms. The molecule has 0 saturated heterocycles. The Bertz CT molecular complexity index is 1310. The van der Waals surface area contributed by atoms with E-state index in [0.717, 1.165) is 0 Å². The molecule has 0 atom stereocenters. The van der Waals surface area contributed by atoms with E-state index in [-0.39, 0.29) is 48.7 Å². The molecule has 46 heavy (non-hydrogen) atoms. The van der Waals surface area contributed by atoms with Gasteiger partial charge in [0.05, 0.1) is 60.9 Å². The van der Waals surface area contributed by atoms with E-state index in [9.17, 15) is 29.4 Å². The van der Waals surface area contributed by atoms with Gasteiger partial charge >= 0.3 is 23.9 Å². The first kappa shape index (κ1) is 37.9. The Morgan fingerprint density at radius 3 is 1.13 bits per heavy atom. The van der Waals surface area contributed by atoms with Crippen molar-refractivity contribution in [2.24, 2.45) is 10.8 Å². The van der Waals surface area contributed by atoms with Gasteiger partial charge in [0.2, 0.25) is 0 Å². The van der Waals surface area contributed by atoms with E-state index >= 15 is 0 Å². The first-order valence-corrected chi connectivity index (χ1v) is 15.1. The summed E-state index contributed by atoms with van der Waals surface area (Å²) in [5.41, 5.74) is -3.10. The standard InChI is InChI=1S/C36H46O10/c1-23(2)45-33(41)29(27(25-15-11-9-12-16-25)31(39)43-21-35(5,6)19-37)30(34(42)46-24(3)4)28(26-17-13-10-14-18-26)32(40)44-22-36(7,8)20-38/h9-18,23-24,37-38H,19-22H2,1-8H3/b29-27+,30-28+. The van der Waals surface area contributed by atoms with Gasteiger partial charge in [-0.1, -0.05) is 88.4 Å². The third kappa shape index (κ3) is 11.0. The van der Waals surface area contributed by atoms with Crippen LogP contribution in [0.25, 0.3) is 11.1 Å². The maximum absolute atomic E-state index is 14.1. The van der Waals surface area contributed by atoms with Crippen LogP contribution in [-0.2, 0) is 38.1 Å². The van der Waals surface area contributed by atoms with E-state index in [1.54, 1.807) is 116 Å². The van der Waals surface area contributed by atoms with Crippen molar-refractivity contribution in [3.05, 3.63) is 82.9 Å². The second-order valence-electron chi connectivity index (χ2n) is 12.9. The quantitative estimate of drug-likeness (QED) is 0.119.